The summed E-state index contributed by atoms with van der Waals surface area (Å²) in [5.74, 6) is 0.914. The minimum atomic E-state index is -0.517. The van der Waals surface area contributed by atoms with Gasteiger partial charge in [0.2, 0.25) is 5.75 Å². The summed E-state index contributed by atoms with van der Waals surface area (Å²) in [6, 6.07) is 3.41. The van der Waals surface area contributed by atoms with Crippen molar-refractivity contribution >= 4 is 23.8 Å². The van der Waals surface area contributed by atoms with Crippen LogP contribution < -0.4 is 14.2 Å². The van der Waals surface area contributed by atoms with Crippen molar-refractivity contribution in [3.63, 3.8) is 0 Å². The summed E-state index contributed by atoms with van der Waals surface area (Å²) in [6.45, 7) is 1.47. The Hall–Kier alpha value is -3.03. The van der Waals surface area contributed by atoms with Crippen molar-refractivity contribution in [2.75, 3.05) is 35.0 Å². The molecular weight excluding hydrogens is 328 g/mol. The van der Waals surface area contributed by atoms with Gasteiger partial charge in [-0.15, -0.1) is 0 Å². The number of carbonyl (C=O) groups excluding carboxylic acids is 2. The van der Waals surface area contributed by atoms with Crippen LogP contribution in [0.4, 0.5) is 0 Å². The molecule has 0 saturated carbocycles. The summed E-state index contributed by atoms with van der Waals surface area (Å²) in [5, 5.41) is 0. The van der Waals surface area contributed by atoms with Gasteiger partial charge in [0.25, 0.3) is 5.91 Å². The summed E-state index contributed by atoms with van der Waals surface area (Å²) in [6.07, 6.45) is 1.59. The van der Waals surface area contributed by atoms with Gasteiger partial charge in [-0.2, -0.15) is 0 Å². The van der Waals surface area contributed by atoms with Crippen LogP contribution in [0.15, 0.2) is 22.8 Å². The second-order valence-corrected chi connectivity index (χ2v) is 5.11. The predicted molar refractivity (Wildman–Crippen MR) is 90.9 cm³/mol. The molecule has 0 aromatic heterocycles. The molecule has 8 heteroatoms. The van der Waals surface area contributed by atoms with Crippen LogP contribution in [-0.4, -0.2) is 57.6 Å². The number of rotatable bonds is 6. The minimum absolute atomic E-state index is 0.183. The molecule has 1 amide bonds. The zero-order valence-corrected chi connectivity index (χ0v) is 14.8. The van der Waals surface area contributed by atoms with Crippen LogP contribution >= 0.6 is 0 Å². The lowest BCUT2D eigenvalue weighted by Crippen LogP contribution is -2.35. The van der Waals surface area contributed by atoms with E-state index < -0.39 is 5.97 Å². The lowest BCUT2D eigenvalue weighted by atomic mass is 10.1. The van der Waals surface area contributed by atoms with E-state index in [1.807, 2.05) is 0 Å². The van der Waals surface area contributed by atoms with Crippen molar-refractivity contribution < 1.29 is 28.5 Å². The highest BCUT2D eigenvalue weighted by Gasteiger charge is 2.29. The molecular formula is C17H20N2O6. The van der Waals surface area contributed by atoms with Crippen LogP contribution in [0.3, 0.4) is 0 Å². The van der Waals surface area contributed by atoms with Gasteiger partial charge in [0.05, 0.1) is 28.4 Å². The van der Waals surface area contributed by atoms with Crippen molar-refractivity contribution in [1.82, 2.24) is 4.90 Å². The van der Waals surface area contributed by atoms with E-state index in [9.17, 15) is 9.59 Å². The lowest BCUT2D eigenvalue weighted by Gasteiger charge is -2.14. The molecule has 1 heterocycles. The van der Waals surface area contributed by atoms with Gasteiger partial charge in [-0.1, -0.05) is 0 Å². The van der Waals surface area contributed by atoms with E-state index in [0.29, 0.717) is 28.6 Å². The van der Waals surface area contributed by atoms with Crippen LogP contribution in [-0.2, 0) is 14.3 Å². The summed E-state index contributed by atoms with van der Waals surface area (Å²) >= 11 is 0. The first-order chi connectivity index (χ1) is 11.9. The maximum absolute atomic E-state index is 12.5. The Morgan fingerprint density at radius 2 is 1.72 bits per heavy atom. The highest BCUT2D eigenvalue weighted by Crippen LogP contribution is 2.39. The molecule has 0 aliphatic carbocycles. The van der Waals surface area contributed by atoms with Gasteiger partial charge in [0, 0.05) is 0 Å². The summed E-state index contributed by atoms with van der Waals surface area (Å²) in [7, 11) is 5.80. The van der Waals surface area contributed by atoms with E-state index in [-0.39, 0.29) is 18.1 Å². The first-order valence-corrected chi connectivity index (χ1v) is 7.40. The quantitative estimate of drug-likeness (QED) is 0.572. The number of hydrogen-bond donors (Lipinski definition) is 0. The normalized spacial score (nSPS) is 15.2. The number of benzene rings is 1. The molecule has 25 heavy (non-hydrogen) atoms. The highest BCUT2D eigenvalue weighted by atomic mass is 16.5. The van der Waals surface area contributed by atoms with Gasteiger partial charge in [0.1, 0.15) is 18.1 Å². The molecule has 0 N–H and O–H groups in total. The fraction of sp³-hybridized carbons (Fsp3) is 0.353. The number of aliphatic imine (C=N–C) groups is 1. The SMILES string of the molecule is COC(=O)CN1C(=O)/C(=C/c2cc(OC)c(OC)c(OC)c2)N=C1C. The molecule has 0 bridgehead atoms. The Morgan fingerprint density at radius 1 is 1.12 bits per heavy atom. The predicted octanol–water partition coefficient (Wildman–Crippen LogP) is 1.49. The number of amidine groups is 1. The van der Waals surface area contributed by atoms with Gasteiger partial charge in [-0.3, -0.25) is 14.5 Å². The maximum atomic E-state index is 12.5. The van der Waals surface area contributed by atoms with Gasteiger partial charge >= 0.3 is 5.97 Å². The lowest BCUT2D eigenvalue weighted by molar-refractivity contribution is -0.143. The number of ether oxygens (including phenoxy) is 4. The van der Waals surface area contributed by atoms with Crippen LogP contribution in [0, 0.1) is 0 Å². The molecule has 8 nitrogen and oxygen atoms in total. The number of nitrogens with zero attached hydrogens (tertiary/aromatic N) is 2. The zero-order valence-electron chi connectivity index (χ0n) is 14.8. The largest absolute Gasteiger partial charge is 0.493 e. The van der Waals surface area contributed by atoms with E-state index in [4.69, 9.17) is 14.2 Å². The van der Waals surface area contributed by atoms with Crippen molar-refractivity contribution in [2.45, 2.75) is 6.92 Å². The molecule has 134 valence electrons. The van der Waals surface area contributed by atoms with Gasteiger partial charge in [-0.05, 0) is 30.7 Å². The third-order valence-electron chi connectivity index (χ3n) is 3.64. The van der Waals surface area contributed by atoms with E-state index >= 15 is 0 Å². The second-order valence-electron chi connectivity index (χ2n) is 5.11. The average molecular weight is 348 g/mol. The summed E-state index contributed by atoms with van der Waals surface area (Å²) < 4.78 is 20.5. The van der Waals surface area contributed by atoms with E-state index in [1.54, 1.807) is 25.1 Å². The molecule has 0 unspecified atom stereocenters. The molecule has 2 rings (SSSR count). The number of amides is 1. The van der Waals surface area contributed by atoms with Gasteiger partial charge < -0.3 is 18.9 Å². The van der Waals surface area contributed by atoms with Crippen LogP contribution in [0.1, 0.15) is 12.5 Å². The third kappa shape index (κ3) is 3.73. The Kier molecular flexibility index (Phi) is 5.63. The topological polar surface area (TPSA) is 86.7 Å². The molecule has 1 aromatic carbocycles. The first-order valence-electron chi connectivity index (χ1n) is 7.40. The number of carbonyl (C=O) groups is 2. The maximum Gasteiger partial charge on any atom is 0.325 e. The summed E-state index contributed by atoms with van der Waals surface area (Å²) in [5.41, 5.74) is 0.852. The highest BCUT2D eigenvalue weighted by molar-refractivity contribution is 6.14. The molecule has 0 spiro atoms. The Morgan fingerprint density at radius 3 is 2.20 bits per heavy atom. The molecule has 1 aliphatic rings. The van der Waals surface area contributed by atoms with Crippen molar-refractivity contribution in [3.05, 3.63) is 23.4 Å². The molecule has 0 fully saturated rings. The smallest absolute Gasteiger partial charge is 0.325 e. The minimum Gasteiger partial charge on any atom is -0.493 e. The molecule has 0 saturated heterocycles. The standard InChI is InChI=1S/C17H20N2O6/c1-10-18-12(17(21)19(10)9-15(20)24-4)6-11-7-13(22-2)16(25-5)14(8-11)23-3/h6-8H,9H2,1-5H3/b12-6-. The second kappa shape index (κ2) is 7.69. The van der Waals surface area contributed by atoms with Crippen LogP contribution in [0.25, 0.3) is 6.08 Å². The number of hydrogen-bond acceptors (Lipinski definition) is 7. The Labute approximate surface area is 145 Å². The van der Waals surface area contributed by atoms with E-state index in [2.05, 4.69) is 9.73 Å². The Bertz CT molecular complexity index is 729. The monoisotopic (exact) mass is 348 g/mol. The fourth-order valence-corrected chi connectivity index (χ4v) is 2.38. The zero-order chi connectivity index (χ0) is 18.6. The van der Waals surface area contributed by atoms with Crippen molar-refractivity contribution in [2.24, 2.45) is 4.99 Å². The Balaban J connectivity index is 2.38. The molecule has 0 atom stereocenters. The van der Waals surface area contributed by atoms with Gasteiger partial charge in [0.15, 0.2) is 11.5 Å². The van der Waals surface area contributed by atoms with Crippen molar-refractivity contribution in [3.8, 4) is 17.2 Å². The summed E-state index contributed by atoms with van der Waals surface area (Å²) in [4.78, 5) is 29.4. The fourth-order valence-electron chi connectivity index (χ4n) is 2.38. The third-order valence-corrected chi connectivity index (χ3v) is 3.64. The molecule has 1 aliphatic heterocycles. The van der Waals surface area contributed by atoms with E-state index in [0.717, 1.165) is 0 Å². The van der Waals surface area contributed by atoms with Crippen molar-refractivity contribution in [1.29, 1.82) is 0 Å². The number of esters is 1. The van der Waals surface area contributed by atoms with E-state index in [1.165, 1.54) is 33.3 Å². The molecule has 0 radical (unpaired) electrons. The number of methoxy groups -OCH3 is 4. The van der Waals surface area contributed by atoms with Gasteiger partial charge in [-0.25, -0.2) is 4.99 Å². The van der Waals surface area contributed by atoms with Crippen LogP contribution in [0.2, 0.25) is 0 Å². The van der Waals surface area contributed by atoms with Crippen LogP contribution in [0.5, 0.6) is 17.2 Å². The average Bonchev–Trinajstić information content (AvgIpc) is 2.87. The molecule has 1 aromatic rings. The first kappa shape index (κ1) is 18.3.